The Bertz CT molecular complexity index is 593. The molecule has 3 heteroatoms. The predicted molar refractivity (Wildman–Crippen MR) is 93.9 cm³/mol. The number of aromatic hydroxyl groups is 1. The smallest absolute Gasteiger partial charge is 0.119 e. The molecule has 118 valence electrons. The second kappa shape index (κ2) is 7.30. The number of thiophene rings is 1. The van der Waals surface area contributed by atoms with Gasteiger partial charge >= 0.3 is 0 Å². The van der Waals surface area contributed by atoms with Gasteiger partial charge in [0.05, 0.1) is 0 Å². The van der Waals surface area contributed by atoms with Crippen LogP contribution in [0.4, 0.5) is 0 Å². The van der Waals surface area contributed by atoms with E-state index in [1.165, 1.54) is 23.3 Å². The maximum Gasteiger partial charge on any atom is 0.119 e. The number of hydrogen-bond acceptors (Lipinski definition) is 3. The first kappa shape index (κ1) is 15.6. The Hall–Kier alpha value is -1.32. The number of nitrogens with one attached hydrogen (secondary N) is 1. The summed E-state index contributed by atoms with van der Waals surface area (Å²) in [5.74, 6) is 1.11. The van der Waals surface area contributed by atoms with E-state index in [1.54, 1.807) is 6.07 Å². The van der Waals surface area contributed by atoms with Crippen molar-refractivity contribution in [3.8, 4) is 5.75 Å². The van der Waals surface area contributed by atoms with Gasteiger partial charge in [0.1, 0.15) is 5.75 Å². The van der Waals surface area contributed by atoms with Crippen molar-refractivity contribution in [1.82, 2.24) is 5.32 Å². The molecule has 22 heavy (non-hydrogen) atoms. The van der Waals surface area contributed by atoms with Gasteiger partial charge in [0.25, 0.3) is 0 Å². The molecule has 2 aromatic rings. The Morgan fingerprint density at radius 3 is 3.00 bits per heavy atom. The van der Waals surface area contributed by atoms with Gasteiger partial charge in [-0.1, -0.05) is 31.5 Å². The van der Waals surface area contributed by atoms with Gasteiger partial charge < -0.3 is 10.4 Å². The lowest BCUT2D eigenvalue weighted by atomic mass is 9.87. The summed E-state index contributed by atoms with van der Waals surface area (Å²) in [6.07, 6.45) is 5.61. The molecule has 0 spiro atoms. The van der Waals surface area contributed by atoms with Crippen molar-refractivity contribution in [3.63, 3.8) is 0 Å². The van der Waals surface area contributed by atoms with E-state index in [9.17, 15) is 5.11 Å². The van der Waals surface area contributed by atoms with Gasteiger partial charge in [-0.3, -0.25) is 0 Å². The molecule has 1 aliphatic carbocycles. The van der Waals surface area contributed by atoms with Crippen LogP contribution in [0.2, 0.25) is 0 Å². The van der Waals surface area contributed by atoms with Crippen LogP contribution in [0.5, 0.6) is 5.75 Å². The minimum atomic E-state index is 0.471. The van der Waals surface area contributed by atoms with Crippen molar-refractivity contribution in [3.05, 3.63) is 51.7 Å². The molecule has 0 saturated carbocycles. The number of phenolic OH excluding ortho intramolecular Hbond substituents is 1. The predicted octanol–water partition coefficient (Wildman–Crippen LogP) is 4.48. The van der Waals surface area contributed by atoms with Crippen LogP contribution < -0.4 is 5.32 Å². The molecule has 1 unspecified atom stereocenters. The highest BCUT2D eigenvalue weighted by atomic mass is 32.1. The van der Waals surface area contributed by atoms with Crippen LogP contribution in [0.25, 0.3) is 0 Å². The summed E-state index contributed by atoms with van der Waals surface area (Å²) in [6.45, 7) is 3.33. The van der Waals surface area contributed by atoms with Crippen molar-refractivity contribution in [2.75, 3.05) is 6.54 Å². The summed E-state index contributed by atoms with van der Waals surface area (Å²) in [6, 6.07) is 10.9. The highest BCUT2D eigenvalue weighted by Gasteiger charge is 2.21. The molecular weight excluding hydrogens is 290 g/mol. The number of rotatable bonds is 6. The zero-order valence-electron chi connectivity index (χ0n) is 13.2. The summed E-state index contributed by atoms with van der Waals surface area (Å²) in [4.78, 5) is 1.50. The van der Waals surface area contributed by atoms with Crippen molar-refractivity contribution in [2.45, 2.75) is 51.0 Å². The number of phenols is 1. The van der Waals surface area contributed by atoms with Gasteiger partial charge in [-0.25, -0.2) is 0 Å². The lowest BCUT2D eigenvalue weighted by molar-refractivity contribution is 0.416. The number of benzene rings is 1. The third-order valence-electron chi connectivity index (χ3n) is 4.69. The Morgan fingerprint density at radius 2 is 2.23 bits per heavy atom. The molecule has 0 radical (unpaired) electrons. The van der Waals surface area contributed by atoms with E-state index < -0.39 is 0 Å². The zero-order chi connectivity index (χ0) is 15.4. The molecule has 0 bridgehead atoms. The molecule has 1 heterocycles. The Morgan fingerprint density at radius 1 is 1.32 bits per heavy atom. The number of hydrogen-bond donors (Lipinski definition) is 2. The minimum absolute atomic E-state index is 0.471. The van der Waals surface area contributed by atoms with Gasteiger partial charge in [0.15, 0.2) is 0 Å². The first-order chi connectivity index (χ1) is 10.8. The van der Waals surface area contributed by atoms with E-state index in [0.29, 0.717) is 17.7 Å². The van der Waals surface area contributed by atoms with Gasteiger partial charge in [-0.05, 0) is 54.3 Å². The molecular formula is C19H25NOS. The summed E-state index contributed by atoms with van der Waals surface area (Å²) in [7, 11) is 0. The average Bonchev–Trinajstić information content (AvgIpc) is 3.06. The standard InChI is InChI=1S/C19H25NOS/c1-2-5-15(19-8-4-11-22-19)13-20-16-9-10-17-14(12-16)6-3-7-18(17)21/h3-4,6-8,11,15-16,20-21H,2,5,9-10,12-13H2,1H3/t15?,16-/m0/s1. The molecule has 1 aromatic carbocycles. The molecule has 3 rings (SSSR count). The molecule has 0 amide bonds. The van der Waals surface area contributed by atoms with Crippen LogP contribution in [0.3, 0.4) is 0 Å². The fourth-order valence-electron chi connectivity index (χ4n) is 3.49. The fourth-order valence-corrected chi connectivity index (χ4v) is 4.35. The lowest BCUT2D eigenvalue weighted by Gasteiger charge is -2.28. The molecule has 2 atom stereocenters. The van der Waals surface area contributed by atoms with Crippen LogP contribution in [-0.2, 0) is 12.8 Å². The van der Waals surface area contributed by atoms with Crippen LogP contribution in [0.1, 0.15) is 48.1 Å². The molecule has 0 fully saturated rings. The van der Waals surface area contributed by atoms with E-state index in [4.69, 9.17) is 0 Å². The Balaban J connectivity index is 1.60. The largest absolute Gasteiger partial charge is 0.508 e. The van der Waals surface area contributed by atoms with Crippen LogP contribution >= 0.6 is 11.3 Å². The SMILES string of the molecule is CCCC(CN[C@H]1CCc2c(O)cccc2C1)c1cccs1. The molecule has 2 nitrogen and oxygen atoms in total. The van der Waals surface area contributed by atoms with Crippen LogP contribution in [0.15, 0.2) is 35.7 Å². The molecule has 0 aliphatic heterocycles. The summed E-state index contributed by atoms with van der Waals surface area (Å²) in [5.41, 5.74) is 2.47. The highest BCUT2D eigenvalue weighted by molar-refractivity contribution is 7.10. The highest BCUT2D eigenvalue weighted by Crippen LogP contribution is 2.30. The zero-order valence-corrected chi connectivity index (χ0v) is 14.0. The van der Waals surface area contributed by atoms with E-state index in [2.05, 4.69) is 35.8 Å². The van der Waals surface area contributed by atoms with Crippen molar-refractivity contribution in [1.29, 1.82) is 0 Å². The monoisotopic (exact) mass is 315 g/mol. The lowest BCUT2D eigenvalue weighted by Crippen LogP contribution is -2.37. The van der Waals surface area contributed by atoms with E-state index in [-0.39, 0.29) is 0 Å². The van der Waals surface area contributed by atoms with Crippen LogP contribution in [0, 0.1) is 0 Å². The second-order valence-corrected chi connectivity index (χ2v) is 7.24. The quantitative estimate of drug-likeness (QED) is 0.823. The number of fused-ring (bicyclic) bond motifs is 1. The Labute approximate surface area is 137 Å². The maximum absolute atomic E-state index is 9.94. The molecule has 0 saturated heterocycles. The van der Waals surface area contributed by atoms with Crippen LogP contribution in [-0.4, -0.2) is 17.7 Å². The first-order valence-electron chi connectivity index (χ1n) is 8.34. The molecule has 1 aliphatic rings. The van der Waals surface area contributed by atoms with Gasteiger partial charge in [-0.15, -0.1) is 11.3 Å². The van der Waals surface area contributed by atoms with Gasteiger partial charge in [0.2, 0.25) is 0 Å². The van der Waals surface area contributed by atoms with Crippen molar-refractivity contribution >= 4 is 11.3 Å². The van der Waals surface area contributed by atoms with E-state index >= 15 is 0 Å². The maximum atomic E-state index is 9.94. The van der Waals surface area contributed by atoms with E-state index in [0.717, 1.165) is 31.4 Å². The average molecular weight is 315 g/mol. The third-order valence-corrected chi connectivity index (χ3v) is 5.73. The van der Waals surface area contributed by atoms with Gasteiger partial charge in [0, 0.05) is 23.4 Å². The topological polar surface area (TPSA) is 32.3 Å². The second-order valence-electron chi connectivity index (χ2n) is 6.26. The van der Waals surface area contributed by atoms with Crippen molar-refractivity contribution < 1.29 is 5.11 Å². The normalized spacial score (nSPS) is 18.9. The van der Waals surface area contributed by atoms with Crippen molar-refractivity contribution in [2.24, 2.45) is 0 Å². The minimum Gasteiger partial charge on any atom is -0.508 e. The Kier molecular flexibility index (Phi) is 5.16. The molecule has 1 aromatic heterocycles. The first-order valence-corrected chi connectivity index (χ1v) is 9.22. The summed E-state index contributed by atoms with van der Waals surface area (Å²) in [5, 5.41) is 15.9. The summed E-state index contributed by atoms with van der Waals surface area (Å²) >= 11 is 1.88. The van der Waals surface area contributed by atoms with E-state index in [1.807, 2.05) is 17.4 Å². The molecule has 2 N–H and O–H groups in total. The van der Waals surface area contributed by atoms with Gasteiger partial charge in [-0.2, -0.15) is 0 Å². The summed E-state index contributed by atoms with van der Waals surface area (Å²) < 4.78 is 0. The fraction of sp³-hybridized carbons (Fsp3) is 0.474. The third kappa shape index (κ3) is 3.53.